The average Bonchev–Trinajstić information content (AvgIpc) is 2.79. The Bertz CT molecular complexity index is 1130. The zero-order chi connectivity index (χ0) is 23.1. The van der Waals surface area contributed by atoms with Crippen molar-refractivity contribution in [2.24, 2.45) is 0 Å². The first kappa shape index (κ1) is 22.9. The minimum absolute atomic E-state index is 0.0553. The molecule has 32 heavy (non-hydrogen) atoms. The van der Waals surface area contributed by atoms with Crippen LogP contribution in [0.3, 0.4) is 0 Å². The van der Waals surface area contributed by atoms with Gasteiger partial charge in [0.2, 0.25) is 11.8 Å². The molecule has 3 rings (SSSR count). The van der Waals surface area contributed by atoms with Gasteiger partial charge in [-0.25, -0.2) is 9.18 Å². The number of carbonyl (C=O) groups excluding carboxylic acids is 3. The summed E-state index contributed by atoms with van der Waals surface area (Å²) < 4.78 is 19.0. The summed E-state index contributed by atoms with van der Waals surface area (Å²) in [7, 11) is 1.25. The number of amides is 2. The van der Waals surface area contributed by atoms with E-state index in [-0.39, 0.29) is 18.4 Å². The number of hydrogen-bond donors (Lipinski definition) is 2. The standard InChI is InChI=1S/C25H25FN2O4/c1-16(29)27-22(15-19-9-4-6-13-21(19)26)24(30)28-23(25(31)32-2)14-18-11-7-10-17-8-3-5-12-20(17)18/h3-13,22-23H,14-15H2,1-2H3,(H,27,29)(H,28,30)/t22-,23-/m0/s1. The van der Waals surface area contributed by atoms with Gasteiger partial charge in [0.1, 0.15) is 17.9 Å². The highest BCUT2D eigenvalue weighted by atomic mass is 19.1. The zero-order valence-corrected chi connectivity index (χ0v) is 17.9. The Labute approximate surface area is 185 Å². The number of ether oxygens (including phenoxy) is 1. The van der Waals surface area contributed by atoms with E-state index < -0.39 is 35.7 Å². The van der Waals surface area contributed by atoms with E-state index in [1.807, 2.05) is 42.5 Å². The van der Waals surface area contributed by atoms with Crippen molar-refractivity contribution in [2.45, 2.75) is 31.8 Å². The fourth-order valence-electron chi connectivity index (χ4n) is 3.64. The van der Waals surface area contributed by atoms with E-state index >= 15 is 0 Å². The molecule has 0 saturated carbocycles. The highest BCUT2D eigenvalue weighted by Crippen LogP contribution is 2.20. The van der Waals surface area contributed by atoms with Crippen molar-refractivity contribution < 1.29 is 23.5 Å². The van der Waals surface area contributed by atoms with E-state index in [2.05, 4.69) is 10.6 Å². The van der Waals surface area contributed by atoms with Crippen molar-refractivity contribution in [1.82, 2.24) is 10.6 Å². The molecule has 0 fully saturated rings. The van der Waals surface area contributed by atoms with Crippen LogP contribution in [0.15, 0.2) is 66.7 Å². The summed E-state index contributed by atoms with van der Waals surface area (Å²) in [6, 6.07) is 17.5. The summed E-state index contributed by atoms with van der Waals surface area (Å²) in [4.78, 5) is 37.2. The van der Waals surface area contributed by atoms with Crippen molar-refractivity contribution in [3.8, 4) is 0 Å². The number of halogens is 1. The van der Waals surface area contributed by atoms with E-state index in [9.17, 15) is 18.8 Å². The van der Waals surface area contributed by atoms with Gasteiger partial charge in [-0.15, -0.1) is 0 Å². The molecular formula is C25H25FN2O4. The molecule has 0 unspecified atom stereocenters. The quantitative estimate of drug-likeness (QED) is 0.532. The Morgan fingerprint density at radius 2 is 1.47 bits per heavy atom. The molecule has 2 N–H and O–H groups in total. The minimum atomic E-state index is -1.05. The van der Waals surface area contributed by atoms with E-state index in [1.54, 1.807) is 18.2 Å². The van der Waals surface area contributed by atoms with Gasteiger partial charge in [0.15, 0.2) is 0 Å². The fourth-order valence-corrected chi connectivity index (χ4v) is 3.64. The molecule has 2 atom stereocenters. The summed E-state index contributed by atoms with van der Waals surface area (Å²) >= 11 is 0. The smallest absolute Gasteiger partial charge is 0.328 e. The van der Waals surface area contributed by atoms with Crippen LogP contribution >= 0.6 is 0 Å². The maximum Gasteiger partial charge on any atom is 0.328 e. The lowest BCUT2D eigenvalue weighted by Crippen LogP contribution is -2.53. The van der Waals surface area contributed by atoms with Crippen LogP contribution in [-0.2, 0) is 32.0 Å². The predicted octanol–water partition coefficient (Wildman–Crippen LogP) is 2.93. The Kier molecular flexibility index (Phi) is 7.54. The van der Waals surface area contributed by atoms with Crippen LogP contribution in [0.5, 0.6) is 0 Å². The van der Waals surface area contributed by atoms with Crippen molar-refractivity contribution in [1.29, 1.82) is 0 Å². The van der Waals surface area contributed by atoms with E-state index in [1.165, 1.54) is 20.1 Å². The fraction of sp³-hybridized carbons (Fsp3) is 0.240. The average molecular weight is 436 g/mol. The molecule has 0 radical (unpaired) electrons. The third kappa shape index (κ3) is 5.69. The molecule has 166 valence electrons. The number of rotatable bonds is 8. The van der Waals surface area contributed by atoms with Crippen molar-refractivity contribution in [3.05, 3.63) is 83.7 Å². The Morgan fingerprint density at radius 3 is 2.19 bits per heavy atom. The Hall–Kier alpha value is -3.74. The molecule has 0 bridgehead atoms. The van der Waals surface area contributed by atoms with Gasteiger partial charge in [0.25, 0.3) is 0 Å². The molecule has 3 aromatic carbocycles. The summed E-state index contributed by atoms with van der Waals surface area (Å²) in [6.45, 7) is 1.27. The molecule has 0 spiro atoms. The Balaban J connectivity index is 1.83. The summed E-state index contributed by atoms with van der Waals surface area (Å²) in [5, 5.41) is 7.19. The third-order valence-corrected chi connectivity index (χ3v) is 5.18. The molecule has 0 aliphatic carbocycles. The van der Waals surface area contributed by atoms with E-state index in [4.69, 9.17) is 4.74 Å². The zero-order valence-electron chi connectivity index (χ0n) is 17.9. The van der Waals surface area contributed by atoms with Gasteiger partial charge in [-0.2, -0.15) is 0 Å². The summed E-state index contributed by atoms with van der Waals surface area (Å²) in [6.07, 6.45) is 0.145. The maximum atomic E-state index is 14.1. The monoisotopic (exact) mass is 436 g/mol. The van der Waals surface area contributed by atoms with Gasteiger partial charge in [-0.1, -0.05) is 60.7 Å². The van der Waals surface area contributed by atoms with Crippen LogP contribution in [-0.4, -0.2) is 37.0 Å². The number of hydrogen-bond acceptors (Lipinski definition) is 4. The second kappa shape index (κ2) is 10.5. The largest absolute Gasteiger partial charge is 0.467 e. The number of carbonyl (C=O) groups is 3. The highest BCUT2D eigenvalue weighted by Gasteiger charge is 2.28. The molecule has 6 nitrogen and oxygen atoms in total. The minimum Gasteiger partial charge on any atom is -0.467 e. The molecular weight excluding hydrogens is 411 g/mol. The lowest BCUT2D eigenvalue weighted by molar-refractivity contribution is -0.145. The van der Waals surface area contributed by atoms with Gasteiger partial charge in [0.05, 0.1) is 7.11 Å². The number of fused-ring (bicyclic) bond motifs is 1. The predicted molar refractivity (Wildman–Crippen MR) is 119 cm³/mol. The lowest BCUT2D eigenvalue weighted by atomic mass is 9.98. The van der Waals surface area contributed by atoms with Crippen LogP contribution in [0.2, 0.25) is 0 Å². The third-order valence-electron chi connectivity index (χ3n) is 5.18. The second-order valence-corrected chi connectivity index (χ2v) is 7.48. The second-order valence-electron chi connectivity index (χ2n) is 7.48. The molecule has 2 amide bonds. The molecule has 3 aromatic rings. The van der Waals surface area contributed by atoms with E-state index in [0.29, 0.717) is 0 Å². The Morgan fingerprint density at radius 1 is 0.844 bits per heavy atom. The van der Waals surface area contributed by atoms with Gasteiger partial charge in [-0.3, -0.25) is 9.59 Å². The molecule has 0 aromatic heterocycles. The summed E-state index contributed by atoms with van der Waals surface area (Å²) in [5.41, 5.74) is 1.15. The van der Waals surface area contributed by atoms with Crippen LogP contribution in [0, 0.1) is 5.82 Å². The van der Waals surface area contributed by atoms with Crippen LogP contribution in [0.1, 0.15) is 18.1 Å². The first-order chi connectivity index (χ1) is 15.4. The van der Waals surface area contributed by atoms with Crippen molar-refractivity contribution in [2.75, 3.05) is 7.11 Å². The number of methoxy groups -OCH3 is 1. The SMILES string of the molecule is COC(=O)[C@H](Cc1cccc2ccccc12)NC(=O)[C@H](Cc1ccccc1F)NC(C)=O. The number of esters is 1. The number of nitrogens with one attached hydrogen (secondary N) is 2. The normalized spacial score (nSPS) is 12.6. The number of benzene rings is 3. The van der Waals surface area contributed by atoms with Crippen molar-refractivity contribution >= 4 is 28.6 Å². The highest BCUT2D eigenvalue weighted by molar-refractivity contribution is 5.91. The first-order valence-electron chi connectivity index (χ1n) is 10.2. The van der Waals surface area contributed by atoms with Crippen LogP contribution < -0.4 is 10.6 Å². The summed E-state index contributed by atoms with van der Waals surface area (Å²) in [5.74, 6) is -2.13. The van der Waals surface area contributed by atoms with Crippen molar-refractivity contribution in [3.63, 3.8) is 0 Å². The molecule has 0 heterocycles. The lowest BCUT2D eigenvalue weighted by Gasteiger charge is -2.22. The first-order valence-corrected chi connectivity index (χ1v) is 10.2. The van der Waals surface area contributed by atoms with Gasteiger partial charge >= 0.3 is 5.97 Å². The maximum absolute atomic E-state index is 14.1. The van der Waals surface area contributed by atoms with Crippen LogP contribution in [0.4, 0.5) is 4.39 Å². The molecule has 0 aliphatic heterocycles. The van der Waals surface area contributed by atoms with Crippen LogP contribution in [0.25, 0.3) is 10.8 Å². The van der Waals surface area contributed by atoms with Gasteiger partial charge in [-0.05, 0) is 28.0 Å². The molecule has 0 aliphatic rings. The van der Waals surface area contributed by atoms with Gasteiger partial charge in [0, 0.05) is 19.8 Å². The van der Waals surface area contributed by atoms with Gasteiger partial charge < -0.3 is 15.4 Å². The molecule has 7 heteroatoms. The topological polar surface area (TPSA) is 84.5 Å². The molecule has 0 saturated heterocycles. The van der Waals surface area contributed by atoms with E-state index in [0.717, 1.165) is 16.3 Å².